The van der Waals surface area contributed by atoms with Crippen molar-refractivity contribution in [3.63, 3.8) is 0 Å². The fraction of sp³-hybridized carbons (Fsp3) is 0.556. The van der Waals surface area contributed by atoms with E-state index in [1.165, 1.54) is 0 Å². The van der Waals surface area contributed by atoms with Gasteiger partial charge in [-0.2, -0.15) is 9.97 Å². The van der Waals surface area contributed by atoms with Gasteiger partial charge in [-0.1, -0.05) is 0 Å². The highest BCUT2D eigenvalue weighted by Crippen LogP contribution is 2.08. The lowest BCUT2D eigenvalue weighted by Gasteiger charge is -2.09. The molecule has 1 aromatic rings. The summed E-state index contributed by atoms with van der Waals surface area (Å²) in [5.74, 6) is 1.14. The Bertz CT molecular complexity index is 295. The Morgan fingerprint density at radius 2 is 2.13 bits per heavy atom. The molecular formula is C9H17N5O. The predicted octanol–water partition coefficient (Wildman–Crippen LogP) is 0.478. The quantitative estimate of drug-likeness (QED) is 0.612. The van der Waals surface area contributed by atoms with E-state index < -0.39 is 0 Å². The molecule has 0 spiro atoms. The van der Waals surface area contributed by atoms with Gasteiger partial charge in [0.25, 0.3) is 0 Å². The van der Waals surface area contributed by atoms with Crippen LogP contribution in [0, 0.1) is 0 Å². The van der Waals surface area contributed by atoms with Crippen LogP contribution in [0.4, 0.5) is 17.6 Å². The topological polar surface area (TPSA) is 99.1 Å². The van der Waals surface area contributed by atoms with E-state index in [1.54, 1.807) is 6.07 Å². The van der Waals surface area contributed by atoms with Crippen LogP contribution in [0.5, 0.6) is 0 Å². The molecule has 0 bridgehead atoms. The summed E-state index contributed by atoms with van der Waals surface area (Å²) in [4.78, 5) is 7.73. The summed E-state index contributed by atoms with van der Waals surface area (Å²) in [6, 6.07) is 1.63. The van der Waals surface area contributed by atoms with Gasteiger partial charge < -0.3 is 21.5 Å². The van der Waals surface area contributed by atoms with Crippen LogP contribution < -0.4 is 16.8 Å². The van der Waals surface area contributed by atoms with E-state index in [0.717, 1.165) is 0 Å². The van der Waals surface area contributed by atoms with Crippen molar-refractivity contribution < 1.29 is 4.74 Å². The van der Waals surface area contributed by atoms with Gasteiger partial charge in [0.1, 0.15) is 11.6 Å². The van der Waals surface area contributed by atoms with Gasteiger partial charge in [0.15, 0.2) is 0 Å². The minimum Gasteiger partial charge on any atom is -0.383 e. The molecule has 84 valence electrons. The van der Waals surface area contributed by atoms with Crippen LogP contribution in [-0.4, -0.2) is 29.2 Å². The Morgan fingerprint density at radius 1 is 1.40 bits per heavy atom. The first-order valence-corrected chi connectivity index (χ1v) is 4.83. The van der Waals surface area contributed by atoms with Crippen LogP contribution in [0.25, 0.3) is 0 Å². The van der Waals surface area contributed by atoms with Crippen LogP contribution >= 0.6 is 0 Å². The summed E-state index contributed by atoms with van der Waals surface area (Å²) >= 11 is 0. The molecule has 1 aromatic heterocycles. The molecule has 5 N–H and O–H groups in total. The van der Waals surface area contributed by atoms with Gasteiger partial charge in [-0.05, 0) is 13.8 Å². The average Bonchev–Trinajstić information content (AvgIpc) is 2.10. The molecule has 0 aliphatic rings. The van der Waals surface area contributed by atoms with E-state index in [2.05, 4.69) is 15.3 Å². The van der Waals surface area contributed by atoms with Crippen molar-refractivity contribution in [1.82, 2.24) is 9.97 Å². The Kier molecular flexibility index (Phi) is 4.11. The number of nitrogen functional groups attached to an aromatic ring is 2. The Labute approximate surface area is 89.0 Å². The van der Waals surface area contributed by atoms with Crippen LogP contribution in [0.3, 0.4) is 0 Å². The SMILES string of the molecule is CC(C)OCCNc1cc(N)nc(N)n1. The highest BCUT2D eigenvalue weighted by atomic mass is 16.5. The smallest absolute Gasteiger partial charge is 0.223 e. The first-order valence-electron chi connectivity index (χ1n) is 4.83. The Balaban J connectivity index is 2.37. The zero-order valence-corrected chi connectivity index (χ0v) is 9.03. The number of ether oxygens (including phenoxy) is 1. The molecule has 0 saturated carbocycles. The lowest BCUT2D eigenvalue weighted by atomic mass is 10.5. The normalized spacial score (nSPS) is 10.6. The number of nitrogens with zero attached hydrogens (tertiary/aromatic N) is 2. The van der Waals surface area contributed by atoms with Crippen molar-refractivity contribution in [3.8, 4) is 0 Å². The highest BCUT2D eigenvalue weighted by molar-refractivity contribution is 5.48. The molecule has 1 heterocycles. The molecule has 0 aliphatic heterocycles. The number of nitrogens with two attached hydrogens (primary N) is 2. The van der Waals surface area contributed by atoms with Gasteiger partial charge in [-0.25, -0.2) is 0 Å². The minimum absolute atomic E-state index is 0.169. The third-order valence-electron chi connectivity index (χ3n) is 1.62. The Hall–Kier alpha value is -1.56. The largest absolute Gasteiger partial charge is 0.383 e. The lowest BCUT2D eigenvalue weighted by Crippen LogP contribution is -2.14. The van der Waals surface area contributed by atoms with Crippen molar-refractivity contribution in [2.24, 2.45) is 0 Å². The summed E-state index contributed by atoms with van der Waals surface area (Å²) in [7, 11) is 0. The van der Waals surface area contributed by atoms with Gasteiger partial charge in [0.05, 0.1) is 12.7 Å². The summed E-state index contributed by atoms with van der Waals surface area (Å²) in [6.07, 6.45) is 0.229. The van der Waals surface area contributed by atoms with Crippen molar-refractivity contribution in [2.45, 2.75) is 20.0 Å². The summed E-state index contributed by atoms with van der Waals surface area (Å²) in [5.41, 5.74) is 10.9. The van der Waals surface area contributed by atoms with Crippen LogP contribution in [0.1, 0.15) is 13.8 Å². The maximum absolute atomic E-state index is 5.51. The van der Waals surface area contributed by atoms with Crippen LogP contribution in [-0.2, 0) is 4.74 Å². The lowest BCUT2D eigenvalue weighted by molar-refractivity contribution is 0.0870. The second kappa shape index (κ2) is 5.35. The van der Waals surface area contributed by atoms with E-state index >= 15 is 0 Å². The number of anilines is 3. The first-order chi connectivity index (χ1) is 7.08. The minimum atomic E-state index is 0.169. The van der Waals surface area contributed by atoms with Crippen LogP contribution in [0.2, 0.25) is 0 Å². The van der Waals surface area contributed by atoms with E-state index in [4.69, 9.17) is 16.2 Å². The number of hydrogen-bond acceptors (Lipinski definition) is 6. The first kappa shape index (κ1) is 11.5. The maximum atomic E-state index is 5.51. The number of rotatable bonds is 5. The molecule has 6 heteroatoms. The third-order valence-corrected chi connectivity index (χ3v) is 1.62. The fourth-order valence-corrected chi connectivity index (χ4v) is 1.05. The number of hydrogen-bond donors (Lipinski definition) is 3. The van der Waals surface area contributed by atoms with E-state index in [9.17, 15) is 0 Å². The molecule has 0 aromatic carbocycles. The van der Waals surface area contributed by atoms with Crippen molar-refractivity contribution in [3.05, 3.63) is 6.07 Å². The molecule has 0 amide bonds. The second-order valence-corrected chi connectivity index (χ2v) is 3.38. The highest BCUT2D eigenvalue weighted by Gasteiger charge is 1.99. The molecule has 0 radical (unpaired) electrons. The molecule has 0 saturated heterocycles. The van der Waals surface area contributed by atoms with Crippen molar-refractivity contribution in [1.29, 1.82) is 0 Å². The summed E-state index contributed by atoms with van der Waals surface area (Å²) < 4.78 is 5.36. The van der Waals surface area contributed by atoms with Gasteiger partial charge in [0, 0.05) is 12.6 Å². The van der Waals surface area contributed by atoms with Gasteiger partial charge in [-0.15, -0.1) is 0 Å². The zero-order valence-electron chi connectivity index (χ0n) is 9.03. The van der Waals surface area contributed by atoms with E-state index in [0.29, 0.717) is 24.8 Å². The molecule has 0 atom stereocenters. The molecule has 15 heavy (non-hydrogen) atoms. The summed E-state index contributed by atoms with van der Waals surface area (Å²) in [5, 5.41) is 3.05. The van der Waals surface area contributed by atoms with Gasteiger partial charge in [0.2, 0.25) is 5.95 Å². The van der Waals surface area contributed by atoms with Gasteiger partial charge in [-0.3, -0.25) is 0 Å². The monoisotopic (exact) mass is 211 g/mol. The molecule has 0 aliphatic carbocycles. The van der Waals surface area contributed by atoms with Crippen molar-refractivity contribution in [2.75, 3.05) is 29.9 Å². The number of nitrogens with one attached hydrogen (secondary N) is 1. The molecule has 0 fully saturated rings. The fourth-order valence-electron chi connectivity index (χ4n) is 1.05. The third kappa shape index (κ3) is 4.46. The maximum Gasteiger partial charge on any atom is 0.223 e. The molecular weight excluding hydrogens is 194 g/mol. The van der Waals surface area contributed by atoms with Crippen molar-refractivity contribution >= 4 is 17.6 Å². The standard InChI is InChI=1S/C9H17N5O/c1-6(2)15-4-3-12-8-5-7(10)13-9(11)14-8/h5-6H,3-4H2,1-2H3,(H5,10,11,12,13,14). The average molecular weight is 211 g/mol. The summed E-state index contributed by atoms with van der Waals surface area (Å²) in [6.45, 7) is 5.25. The van der Waals surface area contributed by atoms with Crippen LogP contribution in [0.15, 0.2) is 6.07 Å². The Morgan fingerprint density at radius 3 is 2.73 bits per heavy atom. The van der Waals surface area contributed by atoms with E-state index in [1.807, 2.05) is 13.8 Å². The molecule has 1 rings (SSSR count). The molecule has 0 unspecified atom stereocenters. The predicted molar refractivity (Wildman–Crippen MR) is 60.4 cm³/mol. The van der Waals surface area contributed by atoms with E-state index in [-0.39, 0.29) is 12.1 Å². The number of aromatic nitrogens is 2. The second-order valence-electron chi connectivity index (χ2n) is 3.38. The molecule has 6 nitrogen and oxygen atoms in total. The zero-order chi connectivity index (χ0) is 11.3. The van der Waals surface area contributed by atoms with Gasteiger partial charge >= 0.3 is 0 Å².